The molecule has 0 radical (unpaired) electrons. The van der Waals surface area contributed by atoms with Gasteiger partial charge in [-0.1, -0.05) is 6.92 Å². The zero-order valence-electron chi connectivity index (χ0n) is 10.2. The number of aryl methyl sites for hydroxylation is 2. The van der Waals surface area contributed by atoms with Gasteiger partial charge in [-0.15, -0.1) is 0 Å². The van der Waals surface area contributed by atoms with Gasteiger partial charge in [-0.25, -0.2) is 0 Å². The van der Waals surface area contributed by atoms with Crippen LogP contribution in [0.4, 0.5) is 5.69 Å². The van der Waals surface area contributed by atoms with Crippen molar-refractivity contribution in [3.05, 3.63) is 38.8 Å². The van der Waals surface area contributed by atoms with Gasteiger partial charge >= 0.3 is 0 Å². The Morgan fingerprint density at radius 2 is 2.11 bits per heavy atom. The first-order chi connectivity index (χ1) is 8.60. The van der Waals surface area contributed by atoms with Crippen LogP contribution >= 0.6 is 31.9 Å². The van der Waals surface area contributed by atoms with Crippen molar-refractivity contribution in [2.75, 3.05) is 5.32 Å². The van der Waals surface area contributed by atoms with E-state index in [1.54, 1.807) is 6.20 Å². The minimum atomic E-state index is 0.673. The molecule has 0 amide bonds. The van der Waals surface area contributed by atoms with E-state index in [4.69, 9.17) is 0 Å². The van der Waals surface area contributed by atoms with E-state index in [9.17, 15) is 0 Å². The molecule has 2 aromatic heterocycles. The molecule has 0 saturated carbocycles. The second kappa shape index (κ2) is 5.84. The van der Waals surface area contributed by atoms with Gasteiger partial charge < -0.3 is 5.32 Å². The summed E-state index contributed by atoms with van der Waals surface area (Å²) in [6.07, 6.45) is 4.70. The third-order valence-corrected chi connectivity index (χ3v) is 3.69. The number of rotatable bonds is 4. The number of hydrogen-bond donors (Lipinski definition) is 1. The molecule has 2 aromatic rings. The van der Waals surface area contributed by atoms with Crippen molar-refractivity contribution in [1.82, 2.24) is 14.8 Å². The molecule has 18 heavy (non-hydrogen) atoms. The van der Waals surface area contributed by atoms with Crippen LogP contribution in [0, 0.1) is 0 Å². The monoisotopic (exact) mass is 372 g/mol. The molecule has 6 heteroatoms. The zero-order valence-corrected chi connectivity index (χ0v) is 13.4. The van der Waals surface area contributed by atoms with Crippen LogP contribution in [0.3, 0.4) is 0 Å². The average Bonchev–Trinajstić information content (AvgIpc) is 2.68. The van der Waals surface area contributed by atoms with Crippen molar-refractivity contribution in [2.45, 2.75) is 19.9 Å². The van der Waals surface area contributed by atoms with Crippen LogP contribution in [0.5, 0.6) is 0 Å². The molecule has 0 fully saturated rings. The summed E-state index contributed by atoms with van der Waals surface area (Å²) in [6.45, 7) is 2.77. The van der Waals surface area contributed by atoms with Gasteiger partial charge in [0.1, 0.15) is 0 Å². The smallest absolute Gasteiger partial charge is 0.0853 e. The Labute approximate surface area is 123 Å². The standard InChI is InChI=1S/C12H14Br2N4/c1-3-10-12(7-18(2)17-10)16-6-11-9(14)4-8(13)5-15-11/h4-5,7,16H,3,6H2,1-2H3. The van der Waals surface area contributed by atoms with E-state index in [2.05, 4.69) is 54.2 Å². The quantitative estimate of drug-likeness (QED) is 0.891. The minimum absolute atomic E-state index is 0.673. The predicted molar refractivity (Wildman–Crippen MR) is 79.5 cm³/mol. The largest absolute Gasteiger partial charge is 0.377 e. The summed E-state index contributed by atoms with van der Waals surface area (Å²) in [4.78, 5) is 4.37. The van der Waals surface area contributed by atoms with Gasteiger partial charge in [-0.3, -0.25) is 9.67 Å². The van der Waals surface area contributed by atoms with Crippen LogP contribution < -0.4 is 5.32 Å². The second-order valence-corrected chi connectivity index (χ2v) is 5.72. The lowest BCUT2D eigenvalue weighted by atomic mass is 10.3. The van der Waals surface area contributed by atoms with Crippen LogP contribution in [0.2, 0.25) is 0 Å². The molecule has 1 N–H and O–H groups in total. The second-order valence-electron chi connectivity index (χ2n) is 3.95. The summed E-state index contributed by atoms with van der Waals surface area (Å²) in [5.74, 6) is 0. The van der Waals surface area contributed by atoms with Crippen LogP contribution in [0.15, 0.2) is 27.4 Å². The summed E-state index contributed by atoms with van der Waals surface area (Å²) in [5.41, 5.74) is 3.12. The maximum Gasteiger partial charge on any atom is 0.0853 e. The number of hydrogen-bond acceptors (Lipinski definition) is 3. The molecule has 4 nitrogen and oxygen atoms in total. The Balaban J connectivity index is 2.11. The van der Waals surface area contributed by atoms with Crippen molar-refractivity contribution in [1.29, 1.82) is 0 Å². The van der Waals surface area contributed by atoms with E-state index in [1.165, 1.54) is 0 Å². The van der Waals surface area contributed by atoms with E-state index in [0.29, 0.717) is 6.54 Å². The first-order valence-electron chi connectivity index (χ1n) is 5.66. The van der Waals surface area contributed by atoms with Gasteiger partial charge in [0.2, 0.25) is 0 Å². The fraction of sp³-hybridized carbons (Fsp3) is 0.333. The SMILES string of the molecule is CCc1nn(C)cc1NCc1ncc(Br)cc1Br. The molecule has 0 aromatic carbocycles. The number of anilines is 1. The summed E-state index contributed by atoms with van der Waals surface area (Å²) in [7, 11) is 1.93. The van der Waals surface area contributed by atoms with E-state index in [-0.39, 0.29) is 0 Å². The Kier molecular flexibility index (Phi) is 4.40. The van der Waals surface area contributed by atoms with E-state index in [1.807, 2.05) is 24.0 Å². The Bertz CT molecular complexity index is 551. The van der Waals surface area contributed by atoms with Crippen molar-refractivity contribution in [3.8, 4) is 0 Å². The average molecular weight is 374 g/mol. The summed E-state index contributed by atoms with van der Waals surface area (Å²) >= 11 is 6.90. The summed E-state index contributed by atoms with van der Waals surface area (Å²) < 4.78 is 3.78. The van der Waals surface area contributed by atoms with Crippen molar-refractivity contribution in [3.63, 3.8) is 0 Å². The Hall–Kier alpha value is -0.880. The molecule has 0 atom stereocenters. The maximum atomic E-state index is 4.39. The molecule has 96 valence electrons. The maximum absolute atomic E-state index is 4.39. The van der Waals surface area contributed by atoms with Gasteiger partial charge in [-0.05, 0) is 44.3 Å². The van der Waals surface area contributed by atoms with Crippen LogP contribution in [0.25, 0.3) is 0 Å². The van der Waals surface area contributed by atoms with Crippen LogP contribution in [-0.2, 0) is 20.0 Å². The minimum Gasteiger partial charge on any atom is -0.377 e. The highest BCUT2D eigenvalue weighted by molar-refractivity contribution is 9.11. The number of aromatic nitrogens is 3. The number of pyridine rings is 1. The molecule has 0 unspecified atom stereocenters. The molecule has 0 aliphatic heterocycles. The molecule has 2 rings (SSSR count). The van der Waals surface area contributed by atoms with Gasteiger partial charge in [-0.2, -0.15) is 5.10 Å². The molecule has 0 aliphatic rings. The number of nitrogens with one attached hydrogen (secondary N) is 1. The molecule has 0 saturated heterocycles. The molecular formula is C12H14Br2N4. The first-order valence-corrected chi connectivity index (χ1v) is 7.25. The topological polar surface area (TPSA) is 42.7 Å². The third-order valence-electron chi connectivity index (χ3n) is 2.57. The van der Waals surface area contributed by atoms with Crippen LogP contribution in [-0.4, -0.2) is 14.8 Å². The fourth-order valence-electron chi connectivity index (χ4n) is 1.70. The van der Waals surface area contributed by atoms with Gasteiger partial charge in [0.05, 0.1) is 23.6 Å². The zero-order chi connectivity index (χ0) is 13.1. The Morgan fingerprint density at radius 1 is 1.33 bits per heavy atom. The summed E-state index contributed by atoms with van der Waals surface area (Å²) in [6, 6.07) is 1.99. The van der Waals surface area contributed by atoms with E-state index < -0.39 is 0 Å². The molecule has 0 spiro atoms. The van der Waals surface area contributed by atoms with Crippen molar-refractivity contribution < 1.29 is 0 Å². The van der Waals surface area contributed by atoms with Crippen molar-refractivity contribution in [2.24, 2.45) is 7.05 Å². The van der Waals surface area contributed by atoms with Crippen LogP contribution in [0.1, 0.15) is 18.3 Å². The normalized spacial score (nSPS) is 10.7. The number of nitrogens with zero attached hydrogens (tertiary/aromatic N) is 3. The highest BCUT2D eigenvalue weighted by atomic mass is 79.9. The highest BCUT2D eigenvalue weighted by Gasteiger charge is 2.07. The van der Waals surface area contributed by atoms with Gasteiger partial charge in [0.25, 0.3) is 0 Å². The predicted octanol–water partition coefficient (Wildman–Crippen LogP) is 3.51. The molecular weight excluding hydrogens is 360 g/mol. The first kappa shape index (κ1) is 13.5. The van der Waals surface area contributed by atoms with E-state index >= 15 is 0 Å². The lowest BCUT2D eigenvalue weighted by Crippen LogP contribution is -2.03. The molecule has 0 aliphatic carbocycles. The lowest BCUT2D eigenvalue weighted by Gasteiger charge is -2.07. The third kappa shape index (κ3) is 3.11. The molecule has 0 bridgehead atoms. The van der Waals surface area contributed by atoms with Crippen molar-refractivity contribution >= 4 is 37.5 Å². The van der Waals surface area contributed by atoms with Gasteiger partial charge in [0, 0.05) is 28.4 Å². The lowest BCUT2D eigenvalue weighted by molar-refractivity contribution is 0.746. The fourth-order valence-corrected chi connectivity index (χ4v) is 2.82. The van der Waals surface area contributed by atoms with Gasteiger partial charge in [0.15, 0.2) is 0 Å². The Morgan fingerprint density at radius 3 is 2.78 bits per heavy atom. The number of halogens is 2. The highest BCUT2D eigenvalue weighted by Crippen LogP contribution is 2.21. The molecule has 2 heterocycles. The van der Waals surface area contributed by atoms with E-state index in [0.717, 1.165) is 32.4 Å². The summed E-state index contributed by atoms with van der Waals surface area (Å²) in [5, 5.41) is 7.76.